The normalized spacial score (nSPS) is 14.0. The molecule has 2 aromatic rings. The summed E-state index contributed by atoms with van der Waals surface area (Å²) in [5, 5.41) is 11.3. The molecule has 0 saturated heterocycles. The van der Waals surface area contributed by atoms with Crippen LogP contribution < -0.4 is 5.73 Å². The molecular weight excluding hydrogens is 380 g/mol. The predicted octanol–water partition coefficient (Wildman–Crippen LogP) is 4.67. The largest absolute Gasteiger partial charge is 0.388 e. The van der Waals surface area contributed by atoms with Crippen LogP contribution in [-0.4, -0.2) is 11.7 Å². The van der Waals surface area contributed by atoms with E-state index in [1.807, 2.05) is 0 Å². The van der Waals surface area contributed by atoms with Crippen LogP contribution in [0.25, 0.3) is 0 Å². The van der Waals surface area contributed by atoms with E-state index in [0.29, 0.717) is 10.6 Å². The third kappa shape index (κ3) is 3.76. The van der Waals surface area contributed by atoms with Gasteiger partial charge in [-0.2, -0.15) is 0 Å². The third-order valence-electron chi connectivity index (χ3n) is 3.23. The van der Waals surface area contributed by atoms with Crippen molar-refractivity contribution < 1.29 is 9.50 Å². The van der Waals surface area contributed by atoms with Gasteiger partial charge in [0.05, 0.1) is 6.10 Å². The molecule has 0 heterocycles. The summed E-state index contributed by atoms with van der Waals surface area (Å²) in [6.45, 7) is 0.0476. The molecule has 0 fully saturated rings. The molecule has 2 rings (SSSR count). The number of aliphatic hydroxyl groups excluding tert-OH is 1. The number of halogens is 4. The summed E-state index contributed by atoms with van der Waals surface area (Å²) in [6.07, 6.45) is -1.01. The van der Waals surface area contributed by atoms with Gasteiger partial charge in [0, 0.05) is 32.5 Å². The second-order valence-corrected chi connectivity index (χ2v) is 6.38. The zero-order valence-corrected chi connectivity index (χ0v) is 14.0. The average Bonchev–Trinajstić information content (AvgIpc) is 2.41. The van der Waals surface area contributed by atoms with Crippen molar-refractivity contribution in [1.29, 1.82) is 0 Å². The fraction of sp³-hybridized carbons (Fsp3) is 0.200. The Kier molecular flexibility index (Phi) is 5.63. The summed E-state index contributed by atoms with van der Waals surface area (Å²) < 4.78 is 14.8. The lowest BCUT2D eigenvalue weighted by Crippen LogP contribution is -2.21. The molecule has 0 saturated carbocycles. The molecule has 0 aliphatic rings. The van der Waals surface area contributed by atoms with Crippen molar-refractivity contribution in [3.8, 4) is 0 Å². The first-order valence-electron chi connectivity index (χ1n) is 6.22. The van der Waals surface area contributed by atoms with Crippen LogP contribution >= 0.6 is 39.1 Å². The van der Waals surface area contributed by atoms with Gasteiger partial charge in [0.1, 0.15) is 5.82 Å². The maximum atomic E-state index is 14.0. The van der Waals surface area contributed by atoms with Crippen LogP contribution in [0.3, 0.4) is 0 Å². The Balaban J connectivity index is 2.45. The number of rotatable bonds is 4. The summed E-state index contributed by atoms with van der Waals surface area (Å²) in [7, 11) is 0. The first kappa shape index (κ1) is 16.7. The highest BCUT2D eigenvalue weighted by Crippen LogP contribution is 2.37. The first-order chi connectivity index (χ1) is 9.93. The zero-order chi connectivity index (χ0) is 15.6. The molecule has 2 atom stereocenters. The van der Waals surface area contributed by atoms with Crippen molar-refractivity contribution in [2.45, 2.75) is 12.0 Å². The van der Waals surface area contributed by atoms with Crippen LogP contribution in [0.5, 0.6) is 0 Å². The monoisotopic (exact) mass is 391 g/mol. The van der Waals surface area contributed by atoms with Gasteiger partial charge in [0.25, 0.3) is 0 Å². The molecule has 2 aromatic carbocycles. The van der Waals surface area contributed by atoms with Crippen molar-refractivity contribution >= 4 is 39.1 Å². The highest BCUT2D eigenvalue weighted by molar-refractivity contribution is 9.10. The molecule has 112 valence electrons. The summed E-state index contributed by atoms with van der Waals surface area (Å²) >= 11 is 15.3. The maximum Gasteiger partial charge on any atom is 0.128 e. The van der Waals surface area contributed by atoms with E-state index in [1.165, 1.54) is 12.1 Å². The Morgan fingerprint density at radius 2 is 1.95 bits per heavy atom. The van der Waals surface area contributed by atoms with Gasteiger partial charge in [-0.3, -0.25) is 0 Å². The highest BCUT2D eigenvalue weighted by atomic mass is 79.9. The Morgan fingerprint density at radius 3 is 2.52 bits per heavy atom. The Hall–Kier alpha value is -0.650. The number of hydrogen-bond acceptors (Lipinski definition) is 2. The minimum absolute atomic E-state index is 0.0476. The lowest BCUT2D eigenvalue weighted by Gasteiger charge is -2.24. The summed E-state index contributed by atoms with van der Waals surface area (Å²) in [6, 6.07) is 9.42. The second-order valence-electron chi connectivity index (χ2n) is 4.63. The van der Waals surface area contributed by atoms with E-state index < -0.39 is 17.8 Å². The molecule has 0 bridgehead atoms. The molecule has 0 aromatic heterocycles. The smallest absolute Gasteiger partial charge is 0.128 e. The quantitative estimate of drug-likeness (QED) is 0.793. The first-order valence-corrected chi connectivity index (χ1v) is 7.77. The molecule has 0 spiro atoms. The fourth-order valence-corrected chi connectivity index (χ4v) is 3.44. The van der Waals surface area contributed by atoms with E-state index in [4.69, 9.17) is 28.9 Å². The summed E-state index contributed by atoms with van der Waals surface area (Å²) in [5.74, 6) is -1.15. The van der Waals surface area contributed by atoms with Gasteiger partial charge in [-0.1, -0.05) is 45.2 Å². The van der Waals surface area contributed by atoms with Crippen LogP contribution in [0.15, 0.2) is 40.9 Å². The SMILES string of the molecule is NCC(c1c(F)cccc1Cl)C(O)c1cc(Cl)cc(Br)c1. The summed E-state index contributed by atoms with van der Waals surface area (Å²) in [5.41, 5.74) is 6.49. The number of aliphatic hydroxyl groups is 1. The van der Waals surface area contributed by atoms with E-state index in [-0.39, 0.29) is 17.1 Å². The van der Waals surface area contributed by atoms with Crippen LogP contribution in [0.1, 0.15) is 23.1 Å². The van der Waals surface area contributed by atoms with Crippen LogP contribution in [-0.2, 0) is 0 Å². The standard InChI is InChI=1S/C15H13BrCl2FNO/c16-9-4-8(5-10(17)6-9)15(21)11(7-20)14-12(18)2-1-3-13(14)19/h1-6,11,15,21H,7,20H2. The van der Waals surface area contributed by atoms with Crippen molar-refractivity contribution in [3.63, 3.8) is 0 Å². The van der Waals surface area contributed by atoms with Gasteiger partial charge in [0.2, 0.25) is 0 Å². The van der Waals surface area contributed by atoms with E-state index >= 15 is 0 Å². The second kappa shape index (κ2) is 7.07. The molecule has 0 radical (unpaired) electrons. The van der Waals surface area contributed by atoms with Gasteiger partial charge in [0.15, 0.2) is 0 Å². The minimum atomic E-state index is -1.01. The molecular formula is C15H13BrCl2FNO. The molecule has 6 heteroatoms. The molecule has 0 aliphatic heterocycles. The average molecular weight is 393 g/mol. The van der Waals surface area contributed by atoms with Gasteiger partial charge in [-0.15, -0.1) is 0 Å². The van der Waals surface area contributed by atoms with Crippen molar-refractivity contribution in [2.24, 2.45) is 5.73 Å². The van der Waals surface area contributed by atoms with Crippen molar-refractivity contribution in [3.05, 3.63) is 67.9 Å². The molecule has 0 amide bonds. The maximum absolute atomic E-state index is 14.0. The Labute approximate surface area is 140 Å². The minimum Gasteiger partial charge on any atom is -0.388 e. The third-order valence-corrected chi connectivity index (χ3v) is 4.24. The van der Waals surface area contributed by atoms with Crippen molar-refractivity contribution in [2.75, 3.05) is 6.54 Å². The lowest BCUT2D eigenvalue weighted by molar-refractivity contribution is 0.145. The van der Waals surface area contributed by atoms with E-state index in [1.54, 1.807) is 24.3 Å². The van der Waals surface area contributed by atoms with E-state index in [0.717, 1.165) is 4.47 Å². The Bertz CT molecular complexity index is 613. The van der Waals surface area contributed by atoms with Gasteiger partial charge >= 0.3 is 0 Å². The van der Waals surface area contributed by atoms with Crippen LogP contribution in [0.2, 0.25) is 10.0 Å². The van der Waals surface area contributed by atoms with Gasteiger partial charge in [-0.05, 0) is 35.9 Å². The molecule has 0 aliphatic carbocycles. The van der Waals surface area contributed by atoms with Gasteiger partial charge < -0.3 is 10.8 Å². The van der Waals surface area contributed by atoms with E-state index in [2.05, 4.69) is 15.9 Å². The fourth-order valence-electron chi connectivity index (χ4n) is 2.25. The van der Waals surface area contributed by atoms with E-state index in [9.17, 15) is 9.50 Å². The molecule has 3 N–H and O–H groups in total. The Morgan fingerprint density at radius 1 is 1.24 bits per heavy atom. The lowest BCUT2D eigenvalue weighted by atomic mass is 9.89. The summed E-state index contributed by atoms with van der Waals surface area (Å²) in [4.78, 5) is 0. The molecule has 2 unspecified atom stereocenters. The van der Waals surface area contributed by atoms with Gasteiger partial charge in [-0.25, -0.2) is 4.39 Å². The zero-order valence-electron chi connectivity index (χ0n) is 10.9. The predicted molar refractivity (Wildman–Crippen MR) is 87.3 cm³/mol. The highest BCUT2D eigenvalue weighted by Gasteiger charge is 2.26. The van der Waals surface area contributed by atoms with Crippen LogP contribution in [0.4, 0.5) is 4.39 Å². The van der Waals surface area contributed by atoms with Crippen molar-refractivity contribution in [1.82, 2.24) is 0 Å². The topological polar surface area (TPSA) is 46.2 Å². The number of nitrogens with two attached hydrogens (primary N) is 1. The number of hydrogen-bond donors (Lipinski definition) is 2. The van der Waals surface area contributed by atoms with Crippen LogP contribution in [0, 0.1) is 5.82 Å². The molecule has 2 nitrogen and oxygen atoms in total. The number of benzene rings is 2. The molecule has 21 heavy (non-hydrogen) atoms.